The van der Waals surface area contributed by atoms with Crippen LogP contribution in [-0.4, -0.2) is 0 Å². The molecule has 2 nitrogen and oxygen atoms in total. The topological polar surface area (TPSA) is 6.48 Å². The van der Waals surface area contributed by atoms with Gasteiger partial charge in [-0.2, -0.15) is 0 Å². The molecule has 0 bridgehead atoms. The first-order valence-electron chi connectivity index (χ1n) is 19.6. The monoisotopic (exact) mass is 728 g/mol. The average molecular weight is 729 g/mol. The lowest BCUT2D eigenvalue weighted by atomic mass is 10.0. The molecule has 270 valence electrons. The zero-order chi connectivity index (χ0) is 38.0. The summed E-state index contributed by atoms with van der Waals surface area (Å²) in [5.74, 6) is 0. The molecule has 0 aliphatic heterocycles. The Morgan fingerprint density at radius 1 is 0.281 bits per heavy atom. The Balaban J connectivity index is 0.910. The van der Waals surface area contributed by atoms with Crippen LogP contribution in [0.15, 0.2) is 224 Å². The van der Waals surface area contributed by atoms with Crippen molar-refractivity contribution in [2.75, 3.05) is 9.80 Å². The minimum Gasteiger partial charge on any atom is -0.310 e. The van der Waals surface area contributed by atoms with Crippen molar-refractivity contribution in [1.82, 2.24) is 0 Å². The fraction of sp³-hybridized carbons (Fsp3) is 0.0182. The predicted octanol–water partition coefficient (Wildman–Crippen LogP) is 15.5. The van der Waals surface area contributed by atoms with Gasteiger partial charge in [-0.05, 0) is 133 Å². The van der Waals surface area contributed by atoms with Gasteiger partial charge < -0.3 is 9.80 Å². The molecule has 0 saturated carbocycles. The van der Waals surface area contributed by atoms with Crippen LogP contribution in [0.3, 0.4) is 0 Å². The van der Waals surface area contributed by atoms with E-state index < -0.39 is 0 Å². The SMILES string of the molecule is C(=Cc1ccc(N(c2ccc3ccccc3c2)c2ccc3ccccc3c2)cc1)Cc1ccc(N(c2ccc3ccccc3c2)c2ccc3ccccc3c2)cc1. The lowest BCUT2D eigenvalue weighted by molar-refractivity contribution is 1.25. The van der Waals surface area contributed by atoms with Crippen LogP contribution in [0.1, 0.15) is 11.1 Å². The minimum absolute atomic E-state index is 0.842. The lowest BCUT2D eigenvalue weighted by Crippen LogP contribution is -2.10. The zero-order valence-electron chi connectivity index (χ0n) is 31.5. The van der Waals surface area contributed by atoms with Crippen LogP contribution in [0.25, 0.3) is 49.2 Å². The van der Waals surface area contributed by atoms with E-state index in [1.807, 2.05) is 0 Å². The molecule has 0 aliphatic rings. The van der Waals surface area contributed by atoms with E-state index in [-0.39, 0.29) is 0 Å². The summed E-state index contributed by atoms with van der Waals surface area (Å²) in [6.45, 7) is 0. The van der Waals surface area contributed by atoms with Crippen molar-refractivity contribution in [3.05, 3.63) is 236 Å². The second kappa shape index (κ2) is 15.0. The second-order valence-corrected chi connectivity index (χ2v) is 14.7. The molecule has 0 saturated heterocycles. The van der Waals surface area contributed by atoms with Crippen LogP contribution in [0, 0.1) is 0 Å². The van der Waals surface area contributed by atoms with E-state index >= 15 is 0 Å². The zero-order valence-corrected chi connectivity index (χ0v) is 31.5. The van der Waals surface area contributed by atoms with Crippen molar-refractivity contribution in [3.63, 3.8) is 0 Å². The Labute approximate surface area is 333 Å². The predicted molar refractivity (Wildman–Crippen MR) is 245 cm³/mol. The summed E-state index contributed by atoms with van der Waals surface area (Å²) in [7, 11) is 0. The molecule has 0 spiro atoms. The highest BCUT2D eigenvalue weighted by atomic mass is 15.1. The maximum absolute atomic E-state index is 2.36. The molecular weight excluding hydrogens is 689 g/mol. The Bertz CT molecular complexity index is 2890. The summed E-state index contributed by atoms with van der Waals surface area (Å²) in [6, 6.07) is 79.0. The first-order valence-corrected chi connectivity index (χ1v) is 19.6. The average Bonchev–Trinajstić information content (AvgIpc) is 3.27. The fourth-order valence-corrected chi connectivity index (χ4v) is 8.00. The molecule has 10 rings (SSSR count). The summed E-state index contributed by atoms with van der Waals surface area (Å²) in [5.41, 5.74) is 9.24. The molecule has 0 fully saturated rings. The van der Waals surface area contributed by atoms with E-state index in [9.17, 15) is 0 Å². The van der Waals surface area contributed by atoms with Gasteiger partial charge >= 0.3 is 0 Å². The minimum atomic E-state index is 0.842. The van der Waals surface area contributed by atoms with E-state index in [0.29, 0.717) is 0 Å². The van der Waals surface area contributed by atoms with E-state index in [4.69, 9.17) is 0 Å². The van der Waals surface area contributed by atoms with E-state index in [0.717, 1.165) is 40.5 Å². The highest BCUT2D eigenvalue weighted by Gasteiger charge is 2.15. The maximum Gasteiger partial charge on any atom is 0.0468 e. The maximum atomic E-state index is 2.36. The van der Waals surface area contributed by atoms with Crippen molar-refractivity contribution in [2.45, 2.75) is 6.42 Å². The third-order valence-corrected chi connectivity index (χ3v) is 11.0. The molecule has 57 heavy (non-hydrogen) atoms. The Morgan fingerprint density at radius 2 is 0.579 bits per heavy atom. The van der Waals surface area contributed by atoms with Crippen molar-refractivity contribution in [1.29, 1.82) is 0 Å². The molecular formula is C55H40N2. The third-order valence-electron chi connectivity index (χ3n) is 11.0. The molecule has 0 aromatic heterocycles. The number of hydrogen-bond donors (Lipinski definition) is 0. The van der Waals surface area contributed by atoms with Gasteiger partial charge in [0.1, 0.15) is 0 Å². The Kier molecular flexibility index (Phi) is 8.98. The number of nitrogens with zero attached hydrogens (tertiary/aromatic N) is 2. The normalized spacial score (nSPS) is 11.5. The van der Waals surface area contributed by atoms with Crippen LogP contribution in [0.2, 0.25) is 0 Å². The van der Waals surface area contributed by atoms with Gasteiger partial charge in [-0.25, -0.2) is 0 Å². The summed E-state index contributed by atoms with van der Waals surface area (Å²) >= 11 is 0. The van der Waals surface area contributed by atoms with Crippen LogP contribution >= 0.6 is 0 Å². The molecule has 2 heteroatoms. The summed E-state index contributed by atoms with van der Waals surface area (Å²) in [6.07, 6.45) is 5.33. The molecule has 10 aromatic rings. The first kappa shape index (κ1) is 34.1. The molecule has 0 heterocycles. The smallest absolute Gasteiger partial charge is 0.0468 e. The molecule has 0 amide bonds. The first-order chi connectivity index (χ1) is 28.2. The molecule has 0 aliphatic carbocycles. The van der Waals surface area contributed by atoms with Gasteiger partial charge in [-0.3, -0.25) is 0 Å². The van der Waals surface area contributed by atoms with E-state index in [2.05, 4.69) is 240 Å². The number of allylic oxidation sites excluding steroid dienone is 1. The quantitative estimate of drug-likeness (QED) is 0.146. The lowest BCUT2D eigenvalue weighted by Gasteiger charge is -2.26. The highest BCUT2D eigenvalue weighted by molar-refractivity contribution is 5.94. The molecule has 0 unspecified atom stereocenters. The van der Waals surface area contributed by atoms with Crippen molar-refractivity contribution in [3.8, 4) is 0 Å². The number of fused-ring (bicyclic) bond motifs is 4. The van der Waals surface area contributed by atoms with Gasteiger partial charge in [0.2, 0.25) is 0 Å². The van der Waals surface area contributed by atoms with Crippen LogP contribution in [0.5, 0.6) is 0 Å². The summed E-state index contributed by atoms with van der Waals surface area (Å²) in [5, 5.41) is 9.86. The van der Waals surface area contributed by atoms with Gasteiger partial charge in [0.15, 0.2) is 0 Å². The van der Waals surface area contributed by atoms with Gasteiger partial charge in [-0.1, -0.05) is 158 Å². The van der Waals surface area contributed by atoms with Crippen molar-refractivity contribution < 1.29 is 0 Å². The van der Waals surface area contributed by atoms with Crippen LogP contribution in [-0.2, 0) is 6.42 Å². The fourth-order valence-electron chi connectivity index (χ4n) is 8.00. The number of rotatable bonds is 9. The second-order valence-electron chi connectivity index (χ2n) is 14.7. The van der Waals surface area contributed by atoms with E-state index in [1.54, 1.807) is 0 Å². The summed E-state index contributed by atoms with van der Waals surface area (Å²) in [4.78, 5) is 4.71. The van der Waals surface area contributed by atoms with Gasteiger partial charge in [-0.15, -0.1) is 0 Å². The van der Waals surface area contributed by atoms with E-state index in [1.165, 1.54) is 54.2 Å². The number of anilines is 6. The van der Waals surface area contributed by atoms with Gasteiger partial charge in [0, 0.05) is 34.1 Å². The molecule has 10 aromatic carbocycles. The third kappa shape index (κ3) is 7.01. The van der Waals surface area contributed by atoms with Gasteiger partial charge in [0.25, 0.3) is 0 Å². The van der Waals surface area contributed by atoms with Crippen LogP contribution in [0.4, 0.5) is 34.1 Å². The Morgan fingerprint density at radius 3 is 0.930 bits per heavy atom. The van der Waals surface area contributed by atoms with Crippen molar-refractivity contribution in [2.24, 2.45) is 0 Å². The van der Waals surface area contributed by atoms with Gasteiger partial charge in [0.05, 0.1) is 0 Å². The van der Waals surface area contributed by atoms with Crippen LogP contribution < -0.4 is 9.80 Å². The molecule has 0 atom stereocenters. The Hall–Kier alpha value is -7.42. The molecule has 0 radical (unpaired) electrons. The number of hydrogen-bond acceptors (Lipinski definition) is 2. The largest absolute Gasteiger partial charge is 0.310 e. The molecule has 0 N–H and O–H groups in total. The standard InChI is InChI=1S/C55H40N2/c1-5-16-46-36-52(32-24-42(46)12-1)56(53-33-25-43-13-2-6-17-47(43)37-53)50-28-20-40(21-29-50)10-9-11-41-22-30-51(31-23-41)57(54-34-26-44-14-3-7-18-48(44)38-54)55-35-27-45-15-4-8-19-49(45)39-55/h1-10,12-39H,11H2. The summed E-state index contributed by atoms with van der Waals surface area (Å²) < 4.78 is 0. The number of benzene rings is 10. The highest BCUT2D eigenvalue weighted by Crippen LogP contribution is 2.39. The van der Waals surface area contributed by atoms with Crippen molar-refractivity contribution >= 4 is 83.3 Å².